The van der Waals surface area contributed by atoms with Crippen molar-refractivity contribution in [3.63, 3.8) is 0 Å². The van der Waals surface area contributed by atoms with Crippen molar-refractivity contribution < 1.29 is 27.5 Å². The highest BCUT2D eigenvalue weighted by atomic mass is 19.4. The molecule has 0 saturated heterocycles. The normalized spacial score (nSPS) is 17.0. The van der Waals surface area contributed by atoms with Crippen molar-refractivity contribution in [1.82, 2.24) is 4.90 Å². The van der Waals surface area contributed by atoms with Crippen LogP contribution in [0.1, 0.15) is 32.1 Å². The molecular weight excluding hydrogens is 289 g/mol. The fourth-order valence-corrected chi connectivity index (χ4v) is 2.40. The van der Waals surface area contributed by atoms with Crippen molar-refractivity contribution in [2.75, 3.05) is 26.7 Å². The molecule has 1 rings (SSSR count). The van der Waals surface area contributed by atoms with Crippen molar-refractivity contribution in [2.45, 2.75) is 38.3 Å². The van der Waals surface area contributed by atoms with E-state index in [1.165, 1.54) is 0 Å². The summed E-state index contributed by atoms with van der Waals surface area (Å²) in [4.78, 5) is 23.8. The monoisotopic (exact) mass is 310 g/mol. The fourth-order valence-electron chi connectivity index (χ4n) is 2.40. The lowest BCUT2D eigenvalue weighted by molar-refractivity contribution is -0.164. The molecule has 1 amide bonds. The summed E-state index contributed by atoms with van der Waals surface area (Å²) in [5.74, 6) is -1.26. The van der Waals surface area contributed by atoms with E-state index >= 15 is 0 Å². The summed E-state index contributed by atoms with van der Waals surface area (Å²) in [7, 11) is 1.15. The van der Waals surface area contributed by atoms with Crippen molar-refractivity contribution in [3.8, 4) is 0 Å². The number of alkyl halides is 3. The molecule has 0 aromatic rings. The van der Waals surface area contributed by atoms with E-state index in [1.807, 2.05) is 0 Å². The first kappa shape index (κ1) is 17.7. The standard InChI is InChI=1S/C13H21F3N2O3/c1-21-11(20)3-6-18(9-13(14,15)16)10(19)7-12(8-17)4-2-5-12/h2-9,17H2,1H3. The van der Waals surface area contributed by atoms with Gasteiger partial charge < -0.3 is 15.4 Å². The van der Waals surface area contributed by atoms with Crippen LogP contribution in [-0.4, -0.2) is 49.7 Å². The lowest BCUT2D eigenvalue weighted by Gasteiger charge is -2.41. The van der Waals surface area contributed by atoms with Crippen LogP contribution < -0.4 is 5.73 Å². The summed E-state index contributed by atoms with van der Waals surface area (Å²) < 4.78 is 42.0. The number of esters is 1. The largest absolute Gasteiger partial charge is 0.469 e. The number of ether oxygens (including phenoxy) is 1. The Kier molecular flexibility index (Phi) is 6.00. The number of amides is 1. The molecule has 0 radical (unpaired) electrons. The predicted octanol–water partition coefficient (Wildman–Crippen LogP) is 1.46. The SMILES string of the molecule is COC(=O)CCN(CC(F)(F)F)C(=O)CC1(CN)CCC1. The topological polar surface area (TPSA) is 72.6 Å². The Morgan fingerprint density at radius 1 is 1.33 bits per heavy atom. The minimum absolute atomic E-state index is 0.000747. The van der Waals surface area contributed by atoms with Crippen molar-refractivity contribution in [3.05, 3.63) is 0 Å². The molecule has 0 aromatic carbocycles. The Hall–Kier alpha value is -1.31. The number of methoxy groups -OCH3 is 1. The molecule has 1 fully saturated rings. The Bertz CT molecular complexity index is 376. The quantitative estimate of drug-likeness (QED) is 0.723. The molecule has 5 nitrogen and oxygen atoms in total. The average Bonchev–Trinajstić information content (AvgIpc) is 2.36. The molecule has 0 aromatic heterocycles. The van der Waals surface area contributed by atoms with Crippen molar-refractivity contribution in [1.29, 1.82) is 0 Å². The van der Waals surface area contributed by atoms with Crippen LogP contribution in [0.2, 0.25) is 0 Å². The van der Waals surface area contributed by atoms with Gasteiger partial charge in [0.15, 0.2) is 0 Å². The van der Waals surface area contributed by atoms with E-state index < -0.39 is 24.6 Å². The Morgan fingerprint density at radius 2 is 1.95 bits per heavy atom. The van der Waals surface area contributed by atoms with Gasteiger partial charge in [0.25, 0.3) is 0 Å². The zero-order valence-electron chi connectivity index (χ0n) is 12.0. The molecule has 0 unspecified atom stereocenters. The summed E-state index contributed by atoms with van der Waals surface area (Å²) in [6.45, 7) is -1.37. The lowest BCUT2D eigenvalue weighted by atomic mass is 9.66. The fraction of sp³-hybridized carbons (Fsp3) is 0.846. The molecule has 122 valence electrons. The molecule has 21 heavy (non-hydrogen) atoms. The first-order valence-corrected chi connectivity index (χ1v) is 6.83. The highest BCUT2D eigenvalue weighted by Crippen LogP contribution is 2.43. The van der Waals surface area contributed by atoms with Gasteiger partial charge in [0.1, 0.15) is 6.54 Å². The zero-order chi connectivity index (χ0) is 16.1. The second kappa shape index (κ2) is 7.11. The molecule has 0 heterocycles. The molecule has 2 N–H and O–H groups in total. The van der Waals surface area contributed by atoms with E-state index in [0.717, 1.165) is 26.4 Å². The van der Waals surface area contributed by atoms with E-state index in [1.54, 1.807) is 0 Å². The van der Waals surface area contributed by atoms with Gasteiger partial charge in [-0.05, 0) is 24.8 Å². The third-order valence-corrected chi connectivity index (χ3v) is 3.91. The number of carbonyl (C=O) groups excluding carboxylic acids is 2. The minimum Gasteiger partial charge on any atom is -0.469 e. The van der Waals surface area contributed by atoms with Crippen LogP contribution in [0.25, 0.3) is 0 Å². The Morgan fingerprint density at radius 3 is 2.33 bits per heavy atom. The first-order chi connectivity index (χ1) is 9.71. The molecular formula is C13H21F3N2O3. The van der Waals surface area contributed by atoms with Crippen LogP contribution >= 0.6 is 0 Å². The summed E-state index contributed by atoms with van der Waals surface area (Å²) in [6, 6.07) is 0. The van der Waals surface area contributed by atoms with Crippen LogP contribution in [0.5, 0.6) is 0 Å². The van der Waals surface area contributed by atoms with E-state index in [2.05, 4.69) is 4.74 Å². The number of hydrogen-bond acceptors (Lipinski definition) is 4. The number of nitrogens with zero attached hydrogens (tertiary/aromatic N) is 1. The molecule has 1 saturated carbocycles. The van der Waals surface area contributed by atoms with Gasteiger partial charge in [-0.1, -0.05) is 6.42 Å². The molecule has 1 aliphatic rings. The highest BCUT2D eigenvalue weighted by Gasteiger charge is 2.40. The molecule has 0 bridgehead atoms. The number of carbonyl (C=O) groups is 2. The maximum absolute atomic E-state index is 12.5. The van der Waals surface area contributed by atoms with Crippen molar-refractivity contribution in [2.24, 2.45) is 11.1 Å². The first-order valence-electron chi connectivity index (χ1n) is 6.83. The van der Waals surface area contributed by atoms with Crippen molar-refractivity contribution >= 4 is 11.9 Å². The molecule has 1 aliphatic carbocycles. The second-order valence-electron chi connectivity index (χ2n) is 5.49. The average molecular weight is 310 g/mol. The van der Waals surface area contributed by atoms with Gasteiger partial charge >= 0.3 is 12.1 Å². The van der Waals surface area contributed by atoms with Gasteiger partial charge in [0.05, 0.1) is 13.5 Å². The second-order valence-corrected chi connectivity index (χ2v) is 5.49. The molecule has 0 spiro atoms. The van der Waals surface area contributed by atoms with E-state index in [-0.39, 0.29) is 31.3 Å². The maximum atomic E-state index is 12.5. The minimum atomic E-state index is -4.50. The number of rotatable bonds is 7. The van der Waals surface area contributed by atoms with Crippen LogP contribution in [0.4, 0.5) is 13.2 Å². The highest BCUT2D eigenvalue weighted by molar-refractivity contribution is 5.78. The molecule has 0 atom stereocenters. The van der Waals surface area contributed by atoms with Crippen LogP contribution in [0, 0.1) is 5.41 Å². The molecule has 0 aliphatic heterocycles. The predicted molar refractivity (Wildman–Crippen MR) is 69.2 cm³/mol. The third kappa shape index (κ3) is 5.53. The third-order valence-electron chi connectivity index (χ3n) is 3.91. The lowest BCUT2D eigenvalue weighted by Crippen LogP contribution is -2.46. The number of halogens is 3. The Labute approximate surface area is 121 Å². The summed E-state index contributed by atoms with van der Waals surface area (Å²) in [6.07, 6.45) is -2.31. The van der Waals surface area contributed by atoms with Gasteiger partial charge in [0.2, 0.25) is 5.91 Å². The van der Waals surface area contributed by atoms with Gasteiger partial charge in [-0.2, -0.15) is 13.2 Å². The van der Waals surface area contributed by atoms with E-state index in [9.17, 15) is 22.8 Å². The number of nitrogens with two attached hydrogens (primary N) is 1. The zero-order valence-corrected chi connectivity index (χ0v) is 12.0. The smallest absolute Gasteiger partial charge is 0.406 e. The summed E-state index contributed by atoms with van der Waals surface area (Å²) in [5.41, 5.74) is 5.25. The van der Waals surface area contributed by atoms with Gasteiger partial charge in [-0.25, -0.2) is 0 Å². The van der Waals surface area contributed by atoms with Gasteiger partial charge in [-0.15, -0.1) is 0 Å². The summed E-state index contributed by atoms with van der Waals surface area (Å²) >= 11 is 0. The van der Waals surface area contributed by atoms with Crippen LogP contribution in [-0.2, 0) is 14.3 Å². The maximum Gasteiger partial charge on any atom is 0.406 e. The number of hydrogen-bond donors (Lipinski definition) is 1. The van der Waals surface area contributed by atoms with Crippen LogP contribution in [0.15, 0.2) is 0 Å². The van der Waals surface area contributed by atoms with Gasteiger partial charge in [-0.3, -0.25) is 9.59 Å². The van der Waals surface area contributed by atoms with E-state index in [4.69, 9.17) is 5.73 Å². The van der Waals surface area contributed by atoms with Crippen LogP contribution in [0.3, 0.4) is 0 Å². The van der Waals surface area contributed by atoms with E-state index in [0.29, 0.717) is 4.90 Å². The summed E-state index contributed by atoms with van der Waals surface area (Å²) in [5, 5.41) is 0. The Balaban J connectivity index is 2.65. The molecule has 8 heteroatoms. The van der Waals surface area contributed by atoms with Gasteiger partial charge in [0, 0.05) is 13.0 Å².